The number of carbonyl (C=O) groups is 1. The molecule has 1 aromatic carbocycles. The van der Waals surface area contributed by atoms with Crippen molar-refractivity contribution in [3.05, 3.63) is 29.3 Å². The Hall–Kier alpha value is -1.46. The number of rotatable bonds is 5. The van der Waals surface area contributed by atoms with Gasteiger partial charge in [0.15, 0.2) is 0 Å². The topological polar surface area (TPSA) is 36.0 Å². The lowest BCUT2D eigenvalue weighted by molar-refractivity contribution is 0.120. The van der Waals surface area contributed by atoms with E-state index in [-0.39, 0.29) is 6.03 Å². The third-order valence-corrected chi connectivity index (χ3v) is 4.95. The molecule has 0 saturated carbocycles. The number of nitrogens with zero attached hydrogens (tertiary/aromatic N) is 3. The van der Waals surface area contributed by atoms with Gasteiger partial charge in [-0.15, -0.1) is 0 Å². The van der Waals surface area contributed by atoms with Crippen LogP contribution in [-0.2, 0) is 0 Å². The summed E-state index contributed by atoms with van der Waals surface area (Å²) in [6, 6.07) is 8.09. The molecule has 3 rings (SSSR count). The van der Waals surface area contributed by atoms with Gasteiger partial charge in [-0.05, 0) is 31.0 Å². The number of hydrogen-bond acceptors (Lipinski definition) is 3. The summed E-state index contributed by atoms with van der Waals surface area (Å²) in [5, 5.41) is 0.698. The van der Waals surface area contributed by atoms with Crippen LogP contribution in [0.4, 0.5) is 4.79 Å². The number of amides is 2. The highest BCUT2D eigenvalue weighted by atomic mass is 35.5. The van der Waals surface area contributed by atoms with E-state index in [1.54, 1.807) is 0 Å². The summed E-state index contributed by atoms with van der Waals surface area (Å²) in [5.41, 5.74) is 0. The molecule has 126 valence electrons. The van der Waals surface area contributed by atoms with Crippen LogP contribution >= 0.6 is 11.6 Å². The fourth-order valence-corrected chi connectivity index (χ4v) is 3.49. The van der Waals surface area contributed by atoms with Gasteiger partial charge in [-0.1, -0.05) is 17.7 Å². The number of hydrogen-bond donors (Lipinski definition) is 0. The molecule has 2 saturated heterocycles. The van der Waals surface area contributed by atoms with Crippen LogP contribution in [0.2, 0.25) is 5.02 Å². The average molecular weight is 338 g/mol. The zero-order valence-electron chi connectivity index (χ0n) is 13.6. The van der Waals surface area contributed by atoms with Gasteiger partial charge < -0.3 is 14.5 Å². The summed E-state index contributed by atoms with van der Waals surface area (Å²) in [7, 11) is 1.88. The number of ether oxygens (including phenoxy) is 1. The Bertz CT molecular complexity index is 546. The second-order valence-electron chi connectivity index (χ2n) is 6.28. The number of urea groups is 1. The van der Waals surface area contributed by atoms with Crippen LogP contribution in [0.1, 0.15) is 12.8 Å². The highest BCUT2D eigenvalue weighted by Gasteiger charge is 2.33. The maximum absolute atomic E-state index is 12.0. The number of piperidine rings is 1. The van der Waals surface area contributed by atoms with Crippen LogP contribution in [0.3, 0.4) is 0 Å². The van der Waals surface area contributed by atoms with Crippen molar-refractivity contribution in [3.63, 3.8) is 0 Å². The van der Waals surface area contributed by atoms with Crippen molar-refractivity contribution >= 4 is 17.6 Å². The van der Waals surface area contributed by atoms with Crippen molar-refractivity contribution < 1.29 is 9.53 Å². The quantitative estimate of drug-likeness (QED) is 0.828. The first-order chi connectivity index (χ1) is 11.1. The van der Waals surface area contributed by atoms with E-state index in [9.17, 15) is 4.79 Å². The highest BCUT2D eigenvalue weighted by molar-refractivity contribution is 6.30. The predicted octanol–water partition coefficient (Wildman–Crippen LogP) is 2.55. The first-order valence-electron chi connectivity index (χ1n) is 8.26. The van der Waals surface area contributed by atoms with E-state index >= 15 is 0 Å². The second kappa shape index (κ2) is 7.41. The van der Waals surface area contributed by atoms with Gasteiger partial charge in [0, 0.05) is 50.8 Å². The standard InChI is InChI=1S/C17H24ClN3O2/c1-19-9-10-21(17(19)22)15-5-7-20(8-6-15)11-12-23-16-4-2-3-14(18)13-16/h2-4,13,15H,5-12H2,1H3. The van der Waals surface area contributed by atoms with Crippen LogP contribution in [0.5, 0.6) is 5.75 Å². The summed E-state index contributed by atoms with van der Waals surface area (Å²) < 4.78 is 5.75. The molecule has 2 aliphatic rings. The summed E-state index contributed by atoms with van der Waals surface area (Å²) in [4.78, 5) is 18.3. The van der Waals surface area contributed by atoms with Gasteiger partial charge in [-0.2, -0.15) is 0 Å². The molecule has 2 aliphatic heterocycles. The third kappa shape index (κ3) is 4.09. The molecule has 0 aliphatic carbocycles. The molecule has 0 unspecified atom stereocenters. The third-order valence-electron chi connectivity index (χ3n) is 4.72. The molecule has 0 spiro atoms. The van der Waals surface area contributed by atoms with Crippen LogP contribution in [-0.4, -0.2) is 73.2 Å². The Morgan fingerprint density at radius 1 is 1.22 bits per heavy atom. The normalized spacial score (nSPS) is 20.3. The van der Waals surface area contributed by atoms with Gasteiger partial charge in [0.05, 0.1) is 0 Å². The Labute approximate surface area is 142 Å². The second-order valence-corrected chi connectivity index (χ2v) is 6.71. The summed E-state index contributed by atoms with van der Waals surface area (Å²) in [5.74, 6) is 0.818. The monoisotopic (exact) mass is 337 g/mol. The molecule has 2 fully saturated rings. The molecule has 0 N–H and O–H groups in total. The molecule has 23 heavy (non-hydrogen) atoms. The van der Waals surface area contributed by atoms with Gasteiger partial charge in [0.25, 0.3) is 0 Å². The molecule has 2 heterocycles. The van der Waals surface area contributed by atoms with E-state index < -0.39 is 0 Å². The van der Waals surface area contributed by atoms with Crippen molar-refractivity contribution in [2.24, 2.45) is 0 Å². The Morgan fingerprint density at radius 2 is 2.00 bits per heavy atom. The molecule has 0 atom stereocenters. The van der Waals surface area contributed by atoms with Crippen molar-refractivity contribution in [2.45, 2.75) is 18.9 Å². The van der Waals surface area contributed by atoms with Crippen molar-refractivity contribution in [3.8, 4) is 5.75 Å². The molecule has 0 radical (unpaired) electrons. The fourth-order valence-electron chi connectivity index (χ4n) is 3.31. The number of carbonyl (C=O) groups excluding carboxylic acids is 1. The lowest BCUT2D eigenvalue weighted by Gasteiger charge is -2.36. The fraction of sp³-hybridized carbons (Fsp3) is 0.588. The number of halogens is 1. The van der Waals surface area contributed by atoms with Crippen LogP contribution in [0.15, 0.2) is 24.3 Å². The van der Waals surface area contributed by atoms with E-state index in [1.165, 1.54) is 0 Å². The van der Waals surface area contributed by atoms with Gasteiger partial charge >= 0.3 is 6.03 Å². The van der Waals surface area contributed by atoms with Gasteiger partial charge in [-0.3, -0.25) is 4.90 Å². The minimum atomic E-state index is 0.188. The highest BCUT2D eigenvalue weighted by Crippen LogP contribution is 2.21. The van der Waals surface area contributed by atoms with Gasteiger partial charge in [-0.25, -0.2) is 4.79 Å². The first kappa shape index (κ1) is 16.4. The zero-order valence-corrected chi connectivity index (χ0v) is 14.3. The van der Waals surface area contributed by atoms with Crippen LogP contribution in [0.25, 0.3) is 0 Å². The SMILES string of the molecule is CN1CCN(C2CCN(CCOc3cccc(Cl)c3)CC2)C1=O. The van der Waals surface area contributed by atoms with Gasteiger partial charge in [0.2, 0.25) is 0 Å². The molecule has 2 amide bonds. The summed E-state index contributed by atoms with van der Waals surface area (Å²) in [6.45, 7) is 5.35. The molecule has 1 aromatic rings. The molecular weight excluding hydrogens is 314 g/mol. The summed E-state index contributed by atoms with van der Waals surface area (Å²) in [6.07, 6.45) is 2.10. The van der Waals surface area contributed by atoms with Crippen LogP contribution < -0.4 is 4.74 Å². The van der Waals surface area contributed by atoms with E-state index in [0.717, 1.165) is 51.3 Å². The molecule has 5 nitrogen and oxygen atoms in total. The van der Waals surface area contributed by atoms with E-state index in [2.05, 4.69) is 4.90 Å². The molecule has 6 heteroatoms. The minimum Gasteiger partial charge on any atom is -0.492 e. The lowest BCUT2D eigenvalue weighted by Crippen LogP contribution is -2.47. The zero-order chi connectivity index (χ0) is 16.2. The Balaban J connectivity index is 1.39. The van der Waals surface area contributed by atoms with Crippen LogP contribution in [0, 0.1) is 0 Å². The predicted molar refractivity (Wildman–Crippen MR) is 91.1 cm³/mol. The smallest absolute Gasteiger partial charge is 0.320 e. The van der Waals surface area contributed by atoms with E-state index in [4.69, 9.17) is 16.3 Å². The largest absolute Gasteiger partial charge is 0.492 e. The molecular formula is C17H24ClN3O2. The maximum atomic E-state index is 12.0. The van der Waals surface area contributed by atoms with E-state index in [1.807, 2.05) is 41.1 Å². The minimum absolute atomic E-state index is 0.188. The van der Waals surface area contributed by atoms with Crippen molar-refractivity contribution in [2.75, 3.05) is 46.4 Å². The number of benzene rings is 1. The van der Waals surface area contributed by atoms with Gasteiger partial charge in [0.1, 0.15) is 12.4 Å². The molecule has 0 aromatic heterocycles. The summed E-state index contributed by atoms with van der Waals surface area (Å²) >= 11 is 5.95. The lowest BCUT2D eigenvalue weighted by atomic mass is 10.0. The number of likely N-dealkylation sites (tertiary alicyclic amines) is 1. The number of likely N-dealkylation sites (N-methyl/N-ethyl adjacent to an activating group) is 1. The first-order valence-corrected chi connectivity index (χ1v) is 8.64. The average Bonchev–Trinajstić information content (AvgIpc) is 2.88. The maximum Gasteiger partial charge on any atom is 0.320 e. The Kier molecular flexibility index (Phi) is 5.28. The van der Waals surface area contributed by atoms with Crippen molar-refractivity contribution in [1.29, 1.82) is 0 Å². The van der Waals surface area contributed by atoms with E-state index in [0.29, 0.717) is 17.7 Å². The Morgan fingerprint density at radius 3 is 2.65 bits per heavy atom. The van der Waals surface area contributed by atoms with Crippen molar-refractivity contribution in [1.82, 2.24) is 14.7 Å². The molecule has 0 bridgehead atoms.